The summed E-state index contributed by atoms with van der Waals surface area (Å²) in [6.45, 7) is 6.93. The molecule has 164 valence electrons. The molecule has 0 bridgehead atoms. The van der Waals surface area contributed by atoms with E-state index in [1.54, 1.807) is 12.1 Å². The van der Waals surface area contributed by atoms with Gasteiger partial charge in [-0.1, -0.05) is 6.07 Å². The first-order valence-electron chi connectivity index (χ1n) is 11.0. The van der Waals surface area contributed by atoms with Gasteiger partial charge < -0.3 is 5.32 Å². The molecule has 0 radical (unpaired) electrons. The van der Waals surface area contributed by atoms with Crippen LogP contribution < -0.4 is 10.6 Å². The molecule has 1 aromatic rings. The quantitative estimate of drug-likeness (QED) is 0.631. The second kappa shape index (κ2) is 8.14. The first-order valence-corrected chi connectivity index (χ1v) is 11.0. The molecule has 4 aliphatic heterocycles. The van der Waals surface area contributed by atoms with Crippen molar-refractivity contribution in [3.8, 4) is 0 Å². The SMILES string of the molecule is O=C1CCC(N2C(=O)c3ccc(CN4CCN(C5CCNC5)CC4)cc3C2=O)C(=O)N1. The van der Waals surface area contributed by atoms with Gasteiger partial charge in [0.05, 0.1) is 11.1 Å². The summed E-state index contributed by atoms with van der Waals surface area (Å²) in [7, 11) is 0. The molecule has 0 spiro atoms. The second-order valence-corrected chi connectivity index (χ2v) is 8.79. The summed E-state index contributed by atoms with van der Waals surface area (Å²) in [4.78, 5) is 55.4. The zero-order valence-electron chi connectivity index (χ0n) is 17.4. The molecule has 0 aliphatic carbocycles. The minimum atomic E-state index is -0.924. The number of hydrogen-bond acceptors (Lipinski definition) is 7. The highest BCUT2D eigenvalue weighted by Crippen LogP contribution is 2.28. The maximum atomic E-state index is 13.0. The lowest BCUT2D eigenvalue weighted by atomic mass is 10.0. The van der Waals surface area contributed by atoms with Gasteiger partial charge in [0.25, 0.3) is 11.8 Å². The summed E-state index contributed by atoms with van der Waals surface area (Å²) in [5.41, 5.74) is 1.67. The summed E-state index contributed by atoms with van der Waals surface area (Å²) in [6.07, 6.45) is 1.51. The molecule has 31 heavy (non-hydrogen) atoms. The summed E-state index contributed by atoms with van der Waals surface area (Å²) in [5.74, 6) is -1.86. The topological polar surface area (TPSA) is 102 Å². The molecule has 3 fully saturated rings. The van der Waals surface area contributed by atoms with Gasteiger partial charge in [0, 0.05) is 51.7 Å². The van der Waals surface area contributed by atoms with Crippen LogP contribution >= 0.6 is 0 Å². The van der Waals surface area contributed by atoms with Gasteiger partial charge in [0.2, 0.25) is 11.8 Å². The minimum Gasteiger partial charge on any atom is -0.315 e. The molecule has 2 unspecified atom stereocenters. The molecule has 4 aliphatic rings. The van der Waals surface area contributed by atoms with Crippen LogP contribution in [0.1, 0.15) is 45.5 Å². The number of nitrogens with one attached hydrogen (secondary N) is 2. The highest BCUT2D eigenvalue weighted by Gasteiger charge is 2.44. The normalized spacial score (nSPS) is 27.7. The fourth-order valence-corrected chi connectivity index (χ4v) is 5.11. The third kappa shape index (κ3) is 3.77. The van der Waals surface area contributed by atoms with E-state index >= 15 is 0 Å². The van der Waals surface area contributed by atoms with Crippen molar-refractivity contribution in [2.45, 2.75) is 37.9 Å². The van der Waals surface area contributed by atoms with Crippen LogP contribution in [-0.2, 0) is 16.1 Å². The van der Waals surface area contributed by atoms with Gasteiger partial charge in [-0.25, -0.2) is 0 Å². The van der Waals surface area contributed by atoms with E-state index in [2.05, 4.69) is 20.4 Å². The Labute approximate surface area is 180 Å². The number of amides is 4. The number of imide groups is 2. The third-order valence-corrected chi connectivity index (χ3v) is 6.87. The summed E-state index contributed by atoms with van der Waals surface area (Å²) in [6, 6.07) is 5.09. The third-order valence-electron chi connectivity index (χ3n) is 6.87. The van der Waals surface area contributed by atoms with E-state index in [1.165, 1.54) is 6.42 Å². The van der Waals surface area contributed by atoms with Gasteiger partial charge in [-0.15, -0.1) is 0 Å². The average molecular weight is 425 g/mol. The van der Waals surface area contributed by atoms with Gasteiger partial charge in [-0.05, 0) is 37.1 Å². The monoisotopic (exact) mass is 425 g/mol. The van der Waals surface area contributed by atoms with Crippen molar-refractivity contribution in [3.63, 3.8) is 0 Å². The average Bonchev–Trinajstić information content (AvgIpc) is 3.37. The number of benzene rings is 1. The van der Waals surface area contributed by atoms with E-state index in [1.807, 2.05) is 6.07 Å². The molecule has 0 aromatic heterocycles. The first kappa shape index (κ1) is 20.3. The zero-order valence-corrected chi connectivity index (χ0v) is 17.4. The standard InChI is InChI=1S/C22H27N5O4/c28-19-4-3-18(20(29)24-19)27-21(30)16-2-1-14(11-17(16)22(27)31)13-25-7-9-26(10-8-25)15-5-6-23-12-15/h1-2,11,15,18,23H,3-10,12-13H2,(H,24,28,29). The largest absolute Gasteiger partial charge is 0.315 e. The molecule has 3 saturated heterocycles. The van der Waals surface area contributed by atoms with E-state index in [0.717, 1.165) is 56.3 Å². The Morgan fingerprint density at radius 2 is 1.71 bits per heavy atom. The van der Waals surface area contributed by atoms with Gasteiger partial charge >= 0.3 is 0 Å². The van der Waals surface area contributed by atoms with Crippen molar-refractivity contribution in [1.82, 2.24) is 25.3 Å². The fraction of sp³-hybridized carbons (Fsp3) is 0.545. The molecule has 9 heteroatoms. The van der Waals surface area contributed by atoms with E-state index in [4.69, 9.17) is 0 Å². The maximum absolute atomic E-state index is 13.0. The first-order chi connectivity index (χ1) is 15.0. The predicted octanol–water partition coefficient (Wildman–Crippen LogP) is -0.433. The van der Waals surface area contributed by atoms with Gasteiger partial charge in [-0.3, -0.25) is 39.2 Å². The number of hydrogen-bond donors (Lipinski definition) is 2. The van der Waals surface area contributed by atoms with Crippen LogP contribution in [-0.4, -0.2) is 89.7 Å². The smallest absolute Gasteiger partial charge is 0.262 e. The Bertz CT molecular complexity index is 934. The lowest BCUT2D eigenvalue weighted by Crippen LogP contribution is -2.54. The number of fused-ring (bicyclic) bond motifs is 1. The molecule has 5 rings (SSSR count). The van der Waals surface area contributed by atoms with E-state index in [-0.39, 0.29) is 18.7 Å². The Hall–Kier alpha value is -2.62. The molecule has 9 nitrogen and oxygen atoms in total. The van der Waals surface area contributed by atoms with Crippen LogP contribution in [0.25, 0.3) is 0 Å². The number of nitrogens with zero attached hydrogens (tertiary/aromatic N) is 3. The Kier molecular flexibility index (Phi) is 5.33. The van der Waals surface area contributed by atoms with Crippen molar-refractivity contribution in [3.05, 3.63) is 34.9 Å². The Morgan fingerprint density at radius 1 is 0.935 bits per heavy atom. The number of piperidine rings is 1. The number of rotatable bonds is 4. The van der Waals surface area contributed by atoms with E-state index in [0.29, 0.717) is 17.2 Å². The predicted molar refractivity (Wildman–Crippen MR) is 111 cm³/mol. The number of piperazine rings is 1. The van der Waals surface area contributed by atoms with Crippen molar-refractivity contribution in [1.29, 1.82) is 0 Å². The molecular weight excluding hydrogens is 398 g/mol. The lowest BCUT2D eigenvalue weighted by molar-refractivity contribution is -0.136. The highest BCUT2D eigenvalue weighted by molar-refractivity contribution is 6.23. The second-order valence-electron chi connectivity index (χ2n) is 8.79. The van der Waals surface area contributed by atoms with Crippen LogP contribution in [0.15, 0.2) is 18.2 Å². The van der Waals surface area contributed by atoms with Crippen LogP contribution in [0.5, 0.6) is 0 Å². The van der Waals surface area contributed by atoms with Gasteiger partial charge in [0.1, 0.15) is 6.04 Å². The minimum absolute atomic E-state index is 0.123. The molecular formula is C22H27N5O4. The number of carbonyl (C=O) groups is 4. The van der Waals surface area contributed by atoms with E-state index < -0.39 is 23.8 Å². The molecule has 1 aromatic carbocycles. The molecule has 4 amide bonds. The fourth-order valence-electron chi connectivity index (χ4n) is 5.11. The molecule has 4 heterocycles. The van der Waals surface area contributed by atoms with Crippen molar-refractivity contribution < 1.29 is 19.2 Å². The summed E-state index contributed by atoms with van der Waals surface area (Å²) >= 11 is 0. The van der Waals surface area contributed by atoms with Gasteiger partial charge in [0.15, 0.2) is 0 Å². The van der Waals surface area contributed by atoms with Crippen LogP contribution in [0.3, 0.4) is 0 Å². The molecule has 2 N–H and O–H groups in total. The number of carbonyl (C=O) groups excluding carboxylic acids is 4. The van der Waals surface area contributed by atoms with Crippen LogP contribution in [0, 0.1) is 0 Å². The molecule has 0 saturated carbocycles. The van der Waals surface area contributed by atoms with Crippen molar-refractivity contribution in [2.75, 3.05) is 39.3 Å². The summed E-state index contributed by atoms with van der Waals surface area (Å²) in [5, 5.41) is 5.65. The van der Waals surface area contributed by atoms with E-state index in [9.17, 15) is 19.2 Å². The summed E-state index contributed by atoms with van der Waals surface area (Å²) < 4.78 is 0. The van der Waals surface area contributed by atoms with Gasteiger partial charge in [-0.2, -0.15) is 0 Å². The zero-order chi connectivity index (χ0) is 21.5. The lowest BCUT2D eigenvalue weighted by Gasteiger charge is -2.37. The maximum Gasteiger partial charge on any atom is 0.262 e. The van der Waals surface area contributed by atoms with Crippen molar-refractivity contribution >= 4 is 23.6 Å². The van der Waals surface area contributed by atoms with Crippen LogP contribution in [0.4, 0.5) is 0 Å². The van der Waals surface area contributed by atoms with Crippen molar-refractivity contribution in [2.24, 2.45) is 0 Å². The highest BCUT2D eigenvalue weighted by atomic mass is 16.2. The Morgan fingerprint density at radius 3 is 2.42 bits per heavy atom. The molecule has 2 atom stereocenters. The Balaban J connectivity index is 1.25. The van der Waals surface area contributed by atoms with Crippen LogP contribution in [0.2, 0.25) is 0 Å².